The number of aryl methyl sites for hydroxylation is 2. The smallest absolute Gasteiger partial charge is 0.165 e. The summed E-state index contributed by atoms with van der Waals surface area (Å²) >= 11 is 0. The monoisotopic (exact) mass is 263 g/mol. The third-order valence-corrected chi connectivity index (χ3v) is 3.04. The van der Waals surface area contributed by atoms with Gasteiger partial charge in [-0.2, -0.15) is 10.2 Å². The fraction of sp³-hybridized carbons (Fsp3) is 0.615. The van der Waals surface area contributed by atoms with Gasteiger partial charge in [0.05, 0.1) is 11.2 Å². The Morgan fingerprint density at radius 3 is 2.47 bits per heavy atom. The number of hydrogen-bond acceptors (Lipinski definition) is 4. The van der Waals surface area contributed by atoms with Crippen LogP contribution in [0.1, 0.15) is 38.0 Å². The summed E-state index contributed by atoms with van der Waals surface area (Å²) in [6.07, 6.45) is 1.56. The van der Waals surface area contributed by atoms with Crippen LogP contribution in [0.15, 0.2) is 6.33 Å². The first-order chi connectivity index (χ1) is 8.80. The van der Waals surface area contributed by atoms with Crippen LogP contribution in [-0.4, -0.2) is 24.5 Å². The van der Waals surface area contributed by atoms with Gasteiger partial charge in [0.1, 0.15) is 18.6 Å². The Kier molecular flexibility index (Phi) is 3.34. The summed E-state index contributed by atoms with van der Waals surface area (Å²) in [5, 5.41) is 8.59. The van der Waals surface area contributed by atoms with Crippen LogP contribution in [0.3, 0.4) is 0 Å². The van der Waals surface area contributed by atoms with Crippen LogP contribution >= 0.6 is 0 Å². The van der Waals surface area contributed by atoms with Crippen molar-refractivity contribution >= 4 is 0 Å². The van der Waals surface area contributed by atoms with Crippen LogP contribution in [-0.2, 0) is 19.2 Å². The molecule has 104 valence electrons. The van der Waals surface area contributed by atoms with Crippen LogP contribution in [0.25, 0.3) is 0 Å². The Bertz CT molecular complexity index is 576. The van der Waals surface area contributed by atoms with E-state index in [1.807, 2.05) is 30.3 Å². The molecule has 0 atom stereocenters. The van der Waals surface area contributed by atoms with Crippen LogP contribution in [0.2, 0.25) is 0 Å². The zero-order valence-electron chi connectivity index (χ0n) is 12.4. The highest BCUT2D eigenvalue weighted by Gasteiger charge is 2.19. The molecule has 0 saturated carbocycles. The number of ether oxygens (including phenoxy) is 1. The zero-order valence-corrected chi connectivity index (χ0v) is 12.4. The average Bonchev–Trinajstić information content (AvgIpc) is 2.84. The molecular weight excluding hydrogens is 242 g/mol. The minimum absolute atomic E-state index is 0.103. The Labute approximate surface area is 113 Å². The van der Waals surface area contributed by atoms with Gasteiger partial charge in [-0.25, -0.2) is 9.67 Å². The molecule has 0 N–H and O–H groups in total. The van der Waals surface area contributed by atoms with Gasteiger partial charge in [0.15, 0.2) is 11.6 Å². The predicted octanol–water partition coefficient (Wildman–Crippen LogP) is 1.96. The van der Waals surface area contributed by atoms with Crippen LogP contribution < -0.4 is 4.74 Å². The van der Waals surface area contributed by atoms with Crippen LogP contribution in [0, 0.1) is 13.8 Å². The average molecular weight is 263 g/mol. The van der Waals surface area contributed by atoms with Crippen molar-refractivity contribution in [1.82, 2.24) is 24.5 Å². The third-order valence-electron chi connectivity index (χ3n) is 3.04. The molecule has 0 aliphatic carbocycles. The fourth-order valence-electron chi connectivity index (χ4n) is 2.02. The van der Waals surface area contributed by atoms with E-state index in [0.29, 0.717) is 6.61 Å². The summed E-state index contributed by atoms with van der Waals surface area (Å²) in [5.41, 5.74) is 1.80. The lowest BCUT2D eigenvalue weighted by molar-refractivity contribution is 0.257. The Balaban J connectivity index is 2.18. The van der Waals surface area contributed by atoms with E-state index >= 15 is 0 Å². The molecule has 2 rings (SSSR count). The molecular formula is C13H21N5O. The summed E-state index contributed by atoms with van der Waals surface area (Å²) in [7, 11) is 1.91. The standard InChI is InChI=1S/C13H21N5O/c1-9-12(10(2)17(6)16-9)19-7-11-14-8-15-18(11)13(3,4)5/h8H,7H2,1-6H3. The van der Waals surface area contributed by atoms with E-state index in [9.17, 15) is 0 Å². The first-order valence-corrected chi connectivity index (χ1v) is 6.33. The van der Waals surface area contributed by atoms with Crippen molar-refractivity contribution in [3.05, 3.63) is 23.5 Å². The number of hydrogen-bond donors (Lipinski definition) is 0. The van der Waals surface area contributed by atoms with Crippen LogP contribution in [0.4, 0.5) is 0 Å². The van der Waals surface area contributed by atoms with E-state index in [1.165, 1.54) is 0 Å². The van der Waals surface area contributed by atoms with Crippen molar-refractivity contribution in [3.8, 4) is 5.75 Å². The van der Waals surface area contributed by atoms with E-state index in [-0.39, 0.29) is 5.54 Å². The van der Waals surface area contributed by atoms with Gasteiger partial charge in [0.2, 0.25) is 0 Å². The highest BCUT2D eigenvalue weighted by Crippen LogP contribution is 2.23. The Morgan fingerprint density at radius 2 is 1.95 bits per heavy atom. The largest absolute Gasteiger partial charge is 0.482 e. The molecule has 0 saturated heterocycles. The van der Waals surface area contributed by atoms with Crippen molar-refractivity contribution in [3.63, 3.8) is 0 Å². The SMILES string of the molecule is Cc1nn(C)c(C)c1OCc1ncnn1C(C)(C)C. The number of rotatable bonds is 3. The van der Waals surface area contributed by atoms with E-state index in [4.69, 9.17) is 4.74 Å². The highest BCUT2D eigenvalue weighted by atomic mass is 16.5. The van der Waals surface area contributed by atoms with E-state index in [0.717, 1.165) is 23.0 Å². The molecule has 2 heterocycles. The lowest BCUT2D eigenvalue weighted by Gasteiger charge is -2.21. The molecule has 6 nitrogen and oxygen atoms in total. The van der Waals surface area contributed by atoms with E-state index < -0.39 is 0 Å². The van der Waals surface area contributed by atoms with Gasteiger partial charge in [0.25, 0.3) is 0 Å². The molecule has 0 unspecified atom stereocenters. The van der Waals surface area contributed by atoms with Gasteiger partial charge in [0, 0.05) is 7.05 Å². The number of nitrogens with zero attached hydrogens (tertiary/aromatic N) is 5. The van der Waals surface area contributed by atoms with Crippen molar-refractivity contribution < 1.29 is 4.74 Å². The molecule has 0 aliphatic rings. The quantitative estimate of drug-likeness (QED) is 0.849. The molecule has 2 aromatic heterocycles. The van der Waals surface area contributed by atoms with Crippen molar-refractivity contribution in [2.75, 3.05) is 0 Å². The molecule has 0 amide bonds. The molecule has 2 aromatic rings. The molecule has 0 bridgehead atoms. The maximum atomic E-state index is 5.86. The summed E-state index contributed by atoms with van der Waals surface area (Å²) in [6.45, 7) is 10.6. The van der Waals surface area contributed by atoms with Gasteiger partial charge in [-0.15, -0.1) is 0 Å². The molecule has 0 aliphatic heterocycles. The molecule has 0 fully saturated rings. The maximum absolute atomic E-state index is 5.86. The van der Waals surface area contributed by atoms with E-state index in [2.05, 4.69) is 36.0 Å². The van der Waals surface area contributed by atoms with Gasteiger partial charge >= 0.3 is 0 Å². The Hall–Kier alpha value is -1.85. The van der Waals surface area contributed by atoms with Gasteiger partial charge in [-0.05, 0) is 34.6 Å². The lowest BCUT2D eigenvalue weighted by Crippen LogP contribution is -2.26. The van der Waals surface area contributed by atoms with Gasteiger partial charge in [-0.1, -0.05) is 0 Å². The lowest BCUT2D eigenvalue weighted by atomic mass is 10.1. The molecule has 0 spiro atoms. The minimum atomic E-state index is -0.103. The van der Waals surface area contributed by atoms with Gasteiger partial charge in [-0.3, -0.25) is 4.68 Å². The number of aromatic nitrogens is 5. The third kappa shape index (κ3) is 2.62. The first kappa shape index (κ1) is 13.6. The second kappa shape index (κ2) is 4.68. The second-order valence-electron chi connectivity index (χ2n) is 5.67. The summed E-state index contributed by atoms with van der Waals surface area (Å²) < 4.78 is 9.56. The second-order valence-corrected chi connectivity index (χ2v) is 5.67. The molecule has 19 heavy (non-hydrogen) atoms. The highest BCUT2D eigenvalue weighted by molar-refractivity contribution is 5.31. The van der Waals surface area contributed by atoms with Gasteiger partial charge < -0.3 is 4.74 Å². The normalized spacial score (nSPS) is 11.9. The van der Waals surface area contributed by atoms with Crippen molar-refractivity contribution in [2.24, 2.45) is 7.05 Å². The molecule has 6 heteroatoms. The summed E-state index contributed by atoms with van der Waals surface area (Å²) in [4.78, 5) is 4.26. The zero-order chi connectivity index (χ0) is 14.2. The van der Waals surface area contributed by atoms with Crippen molar-refractivity contribution in [1.29, 1.82) is 0 Å². The maximum Gasteiger partial charge on any atom is 0.165 e. The first-order valence-electron chi connectivity index (χ1n) is 6.33. The predicted molar refractivity (Wildman–Crippen MR) is 72.0 cm³/mol. The summed E-state index contributed by atoms with van der Waals surface area (Å²) in [5.74, 6) is 1.64. The van der Waals surface area contributed by atoms with Crippen LogP contribution in [0.5, 0.6) is 5.75 Å². The van der Waals surface area contributed by atoms with E-state index in [1.54, 1.807) is 6.33 Å². The molecule has 0 aromatic carbocycles. The topological polar surface area (TPSA) is 57.8 Å². The Morgan fingerprint density at radius 1 is 1.26 bits per heavy atom. The molecule has 0 radical (unpaired) electrons. The minimum Gasteiger partial charge on any atom is -0.482 e. The van der Waals surface area contributed by atoms with Crippen molar-refractivity contribution in [2.45, 2.75) is 46.8 Å². The summed E-state index contributed by atoms with van der Waals surface area (Å²) in [6, 6.07) is 0. The fourth-order valence-corrected chi connectivity index (χ4v) is 2.02.